The van der Waals surface area contributed by atoms with Crippen molar-refractivity contribution >= 4 is 11.7 Å². The number of rotatable bonds is 2. The molecule has 1 atom stereocenters. The van der Waals surface area contributed by atoms with Crippen molar-refractivity contribution in [3.63, 3.8) is 0 Å². The molecule has 0 radical (unpaired) electrons. The van der Waals surface area contributed by atoms with Crippen molar-refractivity contribution in [1.82, 2.24) is 0 Å². The van der Waals surface area contributed by atoms with E-state index in [0.717, 1.165) is 12.1 Å². The average Bonchev–Trinajstić information content (AvgIpc) is 2.71. The highest BCUT2D eigenvalue weighted by atomic mass is 19.2. The van der Waals surface area contributed by atoms with Crippen molar-refractivity contribution in [3.8, 4) is 0 Å². The molecule has 1 aliphatic rings. The van der Waals surface area contributed by atoms with Crippen LogP contribution >= 0.6 is 0 Å². The van der Waals surface area contributed by atoms with Gasteiger partial charge in [-0.05, 0) is 17.7 Å². The molecule has 0 saturated heterocycles. The fourth-order valence-corrected chi connectivity index (χ4v) is 1.40. The van der Waals surface area contributed by atoms with Gasteiger partial charge >= 0.3 is 5.97 Å². The SMILES string of the molecule is O=C(O)C1=NOC(c2ccc(F)c(F)c2)C1. The maximum Gasteiger partial charge on any atom is 0.353 e. The fourth-order valence-electron chi connectivity index (χ4n) is 1.40. The van der Waals surface area contributed by atoms with E-state index in [-0.39, 0.29) is 12.1 Å². The Kier molecular flexibility index (Phi) is 2.55. The number of carbonyl (C=O) groups is 1. The van der Waals surface area contributed by atoms with Crippen LogP contribution in [0.5, 0.6) is 0 Å². The van der Waals surface area contributed by atoms with Gasteiger partial charge in [-0.3, -0.25) is 0 Å². The summed E-state index contributed by atoms with van der Waals surface area (Å²) in [7, 11) is 0. The second-order valence-corrected chi connectivity index (χ2v) is 3.31. The quantitative estimate of drug-likeness (QED) is 0.838. The number of aliphatic carboxylic acids is 1. The van der Waals surface area contributed by atoms with Gasteiger partial charge in [-0.1, -0.05) is 11.2 Å². The van der Waals surface area contributed by atoms with E-state index in [9.17, 15) is 13.6 Å². The minimum Gasteiger partial charge on any atom is -0.477 e. The normalized spacial score (nSPS) is 19.1. The van der Waals surface area contributed by atoms with E-state index in [4.69, 9.17) is 9.94 Å². The first-order valence-electron chi connectivity index (χ1n) is 4.49. The molecule has 1 heterocycles. The number of oxime groups is 1. The maximum atomic E-state index is 12.9. The number of carboxylic acids is 1. The van der Waals surface area contributed by atoms with Gasteiger partial charge in [0, 0.05) is 6.42 Å². The summed E-state index contributed by atoms with van der Waals surface area (Å²) in [5.41, 5.74) is 0.230. The molecule has 4 nitrogen and oxygen atoms in total. The highest BCUT2D eigenvalue weighted by Gasteiger charge is 2.27. The summed E-state index contributed by atoms with van der Waals surface area (Å²) in [6.45, 7) is 0. The summed E-state index contributed by atoms with van der Waals surface area (Å²) in [5, 5.41) is 12.0. The van der Waals surface area contributed by atoms with Gasteiger partial charge in [-0.2, -0.15) is 0 Å². The molecule has 1 unspecified atom stereocenters. The Hall–Kier alpha value is -1.98. The van der Waals surface area contributed by atoms with Gasteiger partial charge in [0.2, 0.25) is 0 Å². The van der Waals surface area contributed by atoms with E-state index in [1.807, 2.05) is 0 Å². The van der Waals surface area contributed by atoms with Crippen LogP contribution in [0.25, 0.3) is 0 Å². The molecule has 1 aromatic rings. The Morgan fingerprint density at radius 2 is 2.19 bits per heavy atom. The zero-order chi connectivity index (χ0) is 11.7. The highest BCUT2D eigenvalue weighted by Crippen LogP contribution is 2.28. The zero-order valence-corrected chi connectivity index (χ0v) is 7.98. The van der Waals surface area contributed by atoms with E-state index >= 15 is 0 Å². The summed E-state index contributed by atoms with van der Waals surface area (Å²) in [6, 6.07) is 3.27. The molecular weight excluding hydrogens is 220 g/mol. The summed E-state index contributed by atoms with van der Waals surface area (Å²) < 4.78 is 25.6. The Bertz CT molecular complexity index is 473. The third-order valence-corrected chi connectivity index (χ3v) is 2.23. The van der Waals surface area contributed by atoms with Crippen LogP contribution in [0.1, 0.15) is 18.1 Å². The maximum absolute atomic E-state index is 12.9. The van der Waals surface area contributed by atoms with Crippen LogP contribution < -0.4 is 0 Å². The predicted molar refractivity (Wildman–Crippen MR) is 49.9 cm³/mol. The molecule has 0 aromatic heterocycles. The minimum atomic E-state index is -1.18. The van der Waals surface area contributed by atoms with Gasteiger partial charge < -0.3 is 9.94 Å². The van der Waals surface area contributed by atoms with E-state index < -0.39 is 23.7 Å². The van der Waals surface area contributed by atoms with Gasteiger partial charge in [0.25, 0.3) is 0 Å². The smallest absolute Gasteiger partial charge is 0.353 e. The number of hydrogen-bond donors (Lipinski definition) is 1. The van der Waals surface area contributed by atoms with Crippen molar-refractivity contribution in [1.29, 1.82) is 0 Å². The van der Waals surface area contributed by atoms with Crippen molar-refractivity contribution in [2.75, 3.05) is 0 Å². The molecule has 1 N–H and O–H groups in total. The molecule has 0 bridgehead atoms. The first-order valence-corrected chi connectivity index (χ1v) is 4.49. The van der Waals surface area contributed by atoms with Gasteiger partial charge in [0.1, 0.15) is 0 Å². The Labute approximate surface area is 89.1 Å². The molecule has 2 rings (SSSR count). The van der Waals surface area contributed by atoms with E-state index in [1.165, 1.54) is 6.07 Å². The lowest BCUT2D eigenvalue weighted by Gasteiger charge is -2.07. The number of hydrogen-bond acceptors (Lipinski definition) is 3. The van der Waals surface area contributed by atoms with Crippen LogP contribution in [0, 0.1) is 11.6 Å². The Balaban J connectivity index is 2.16. The molecule has 0 aliphatic carbocycles. The Morgan fingerprint density at radius 1 is 1.44 bits per heavy atom. The summed E-state index contributed by atoms with van der Waals surface area (Å²) in [4.78, 5) is 15.4. The number of halogens is 2. The Morgan fingerprint density at radius 3 is 2.75 bits per heavy atom. The fraction of sp³-hybridized carbons (Fsp3) is 0.200. The second kappa shape index (κ2) is 3.88. The summed E-state index contributed by atoms with van der Waals surface area (Å²) in [5.74, 6) is -3.13. The van der Waals surface area contributed by atoms with Crippen molar-refractivity contribution < 1.29 is 23.5 Å². The summed E-state index contributed by atoms with van der Waals surface area (Å²) >= 11 is 0. The van der Waals surface area contributed by atoms with E-state index in [2.05, 4.69) is 5.16 Å². The van der Waals surface area contributed by atoms with Crippen molar-refractivity contribution in [2.24, 2.45) is 5.16 Å². The third kappa shape index (κ3) is 1.86. The first-order chi connectivity index (χ1) is 7.58. The van der Waals surface area contributed by atoms with Gasteiger partial charge in [-0.15, -0.1) is 0 Å². The van der Waals surface area contributed by atoms with E-state index in [1.54, 1.807) is 0 Å². The van der Waals surface area contributed by atoms with Gasteiger partial charge in [0.15, 0.2) is 23.5 Å². The van der Waals surface area contributed by atoms with Crippen LogP contribution in [0.3, 0.4) is 0 Å². The number of benzene rings is 1. The lowest BCUT2D eigenvalue weighted by molar-refractivity contribution is -0.129. The minimum absolute atomic E-state index is 0.0421. The largest absolute Gasteiger partial charge is 0.477 e. The van der Waals surface area contributed by atoms with Crippen molar-refractivity contribution in [3.05, 3.63) is 35.4 Å². The number of nitrogens with zero attached hydrogens (tertiary/aromatic N) is 1. The van der Waals surface area contributed by atoms with Gasteiger partial charge in [0.05, 0.1) is 0 Å². The summed E-state index contributed by atoms with van der Waals surface area (Å²) in [6.07, 6.45) is -0.623. The third-order valence-electron chi connectivity index (χ3n) is 2.23. The molecular formula is C10H7F2NO3. The van der Waals surface area contributed by atoms with Crippen LogP contribution in [0.15, 0.2) is 23.4 Å². The lowest BCUT2D eigenvalue weighted by Crippen LogP contribution is -2.11. The molecule has 1 aliphatic heterocycles. The molecule has 0 spiro atoms. The van der Waals surface area contributed by atoms with Crippen molar-refractivity contribution in [2.45, 2.75) is 12.5 Å². The molecule has 6 heteroatoms. The highest BCUT2D eigenvalue weighted by molar-refractivity contribution is 6.35. The van der Waals surface area contributed by atoms with Crippen LogP contribution in [0.4, 0.5) is 8.78 Å². The van der Waals surface area contributed by atoms with Crippen LogP contribution in [0.2, 0.25) is 0 Å². The monoisotopic (exact) mass is 227 g/mol. The molecule has 0 fully saturated rings. The molecule has 0 saturated carbocycles. The van der Waals surface area contributed by atoms with Crippen LogP contribution in [-0.4, -0.2) is 16.8 Å². The lowest BCUT2D eigenvalue weighted by atomic mass is 10.0. The standard InChI is InChI=1S/C10H7F2NO3/c11-6-2-1-5(3-7(6)12)9-4-8(10(14)15)13-16-9/h1-3,9H,4H2,(H,14,15). The molecule has 16 heavy (non-hydrogen) atoms. The zero-order valence-electron chi connectivity index (χ0n) is 7.98. The van der Waals surface area contributed by atoms with E-state index in [0.29, 0.717) is 5.56 Å². The number of carboxylic acid groups (broad SMARTS) is 1. The first kappa shape index (κ1) is 10.5. The topological polar surface area (TPSA) is 58.9 Å². The molecule has 1 aromatic carbocycles. The molecule has 84 valence electrons. The average molecular weight is 227 g/mol. The van der Waals surface area contributed by atoms with Crippen LogP contribution in [-0.2, 0) is 9.63 Å². The predicted octanol–water partition coefficient (Wildman–Crippen LogP) is 1.87. The molecule has 0 amide bonds. The van der Waals surface area contributed by atoms with Gasteiger partial charge in [-0.25, -0.2) is 13.6 Å². The second-order valence-electron chi connectivity index (χ2n) is 3.31.